The fraction of sp³-hybridized carbons (Fsp3) is 0.615. The predicted molar refractivity (Wildman–Crippen MR) is 81.7 cm³/mol. The van der Waals surface area contributed by atoms with Crippen LogP contribution in [-0.4, -0.2) is 35.9 Å². The first-order valence-electron chi connectivity index (χ1n) is 6.52. The summed E-state index contributed by atoms with van der Waals surface area (Å²) in [5, 5.41) is 2.88. The van der Waals surface area contributed by atoms with E-state index in [-0.39, 0.29) is 23.5 Å². The third-order valence-electron chi connectivity index (χ3n) is 3.52. The minimum atomic E-state index is -3.03. The average Bonchev–Trinajstić information content (AvgIpc) is 2.79. The quantitative estimate of drug-likeness (QED) is 0.895. The molecule has 1 amide bonds. The Morgan fingerprint density at radius 2 is 2.15 bits per heavy atom. The Hall–Kier alpha value is -0.820. The van der Waals surface area contributed by atoms with Crippen molar-refractivity contribution in [3.05, 3.63) is 22.4 Å². The van der Waals surface area contributed by atoms with Crippen molar-refractivity contribution in [2.24, 2.45) is 0 Å². The lowest BCUT2D eigenvalue weighted by molar-refractivity contribution is 0.0904. The monoisotopic (exact) mass is 362 g/mol. The Labute approximate surface area is 127 Å². The van der Waals surface area contributed by atoms with Crippen LogP contribution < -0.4 is 5.32 Å². The van der Waals surface area contributed by atoms with Gasteiger partial charge in [-0.1, -0.05) is 0 Å². The Morgan fingerprint density at radius 3 is 2.65 bits per heavy atom. The van der Waals surface area contributed by atoms with E-state index in [4.69, 9.17) is 0 Å². The van der Waals surface area contributed by atoms with Crippen molar-refractivity contribution in [1.29, 1.82) is 0 Å². The summed E-state index contributed by atoms with van der Waals surface area (Å²) in [7, 11) is -3.03. The largest absolute Gasteiger partial charge is 0.345 e. The van der Waals surface area contributed by atoms with Crippen LogP contribution in [0, 0.1) is 0 Å². The maximum absolute atomic E-state index is 12.4. The number of hydrogen-bond acceptors (Lipinski definition) is 3. The fourth-order valence-electron chi connectivity index (χ4n) is 2.50. The lowest BCUT2D eigenvalue weighted by atomic mass is 10.0. The van der Waals surface area contributed by atoms with Crippen LogP contribution in [0.3, 0.4) is 0 Å². The summed E-state index contributed by atoms with van der Waals surface area (Å²) >= 11 is 3.37. The maximum Gasteiger partial charge on any atom is 0.268 e. The van der Waals surface area contributed by atoms with Crippen LogP contribution in [0.25, 0.3) is 0 Å². The Morgan fingerprint density at radius 1 is 1.50 bits per heavy atom. The van der Waals surface area contributed by atoms with Gasteiger partial charge in [-0.25, -0.2) is 8.42 Å². The molecule has 2 rings (SSSR count). The number of hydrogen-bond donors (Lipinski definition) is 1. The second-order valence-electron chi connectivity index (χ2n) is 5.90. The van der Waals surface area contributed by atoms with Crippen molar-refractivity contribution in [2.45, 2.75) is 38.8 Å². The zero-order valence-corrected chi connectivity index (χ0v) is 14.2. The third kappa shape index (κ3) is 3.25. The summed E-state index contributed by atoms with van der Waals surface area (Å²) in [5.74, 6) is -0.0856. The molecule has 0 aliphatic carbocycles. The van der Waals surface area contributed by atoms with Gasteiger partial charge >= 0.3 is 0 Å². The summed E-state index contributed by atoms with van der Waals surface area (Å²) in [6, 6.07) is 1.91. The van der Waals surface area contributed by atoms with Crippen LogP contribution in [0.1, 0.15) is 43.7 Å². The number of halogens is 1. The molecule has 5 nitrogen and oxygen atoms in total. The number of amides is 1. The Kier molecular flexibility index (Phi) is 4.03. The van der Waals surface area contributed by atoms with Gasteiger partial charge in [-0.15, -0.1) is 0 Å². The van der Waals surface area contributed by atoms with Crippen molar-refractivity contribution in [3.63, 3.8) is 0 Å². The first-order valence-corrected chi connectivity index (χ1v) is 9.14. The van der Waals surface area contributed by atoms with Crippen molar-refractivity contribution < 1.29 is 13.2 Å². The highest BCUT2D eigenvalue weighted by Gasteiger charge is 2.39. The van der Waals surface area contributed by atoms with E-state index in [1.807, 2.05) is 24.6 Å². The highest BCUT2D eigenvalue weighted by atomic mass is 79.9. The number of sulfone groups is 1. The van der Waals surface area contributed by atoms with Gasteiger partial charge < -0.3 is 9.88 Å². The van der Waals surface area contributed by atoms with Gasteiger partial charge in [0.05, 0.1) is 17.0 Å². The Balaban J connectivity index is 2.21. The van der Waals surface area contributed by atoms with Crippen LogP contribution in [0.15, 0.2) is 16.7 Å². The summed E-state index contributed by atoms with van der Waals surface area (Å²) in [6.07, 6.45) is 2.32. The van der Waals surface area contributed by atoms with Crippen LogP contribution in [0.5, 0.6) is 0 Å². The lowest BCUT2D eigenvalue weighted by Crippen LogP contribution is -2.47. The highest BCUT2D eigenvalue weighted by Crippen LogP contribution is 2.25. The number of aromatic nitrogens is 1. The molecule has 0 aromatic carbocycles. The summed E-state index contributed by atoms with van der Waals surface area (Å²) < 4.78 is 25.9. The summed E-state index contributed by atoms with van der Waals surface area (Å²) in [4.78, 5) is 12.4. The predicted octanol–water partition coefficient (Wildman–Crippen LogP) is 2.14. The molecule has 2 heterocycles. The second-order valence-corrected chi connectivity index (χ2v) is 9.00. The first kappa shape index (κ1) is 15.6. The van der Waals surface area contributed by atoms with Gasteiger partial charge in [0.15, 0.2) is 9.84 Å². The smallest absolute Gasteiger partial charge is 0.268 e. The average molecular weight is 363 g/mol. The summed E-state index contributed by atoms with van der Waals surface area (Å²) in [5.41, 5.74) is -0.133. The standard InChI is InChI=1S/C13H19BrN2O3S/c1-9(2)16-7-10(14)6-11(16)12(17)15-13(3)4-5-20(18,19)8-13/h6-7,9H,4-5,8H2,1-3H3,(H,15,17). The molecular formula is C13H19BrN2O3S. The first-order chi connectivity index (χ1) is 9.12. The van der Waals surface area contributed by atoms with E-state index in [1.165, 1.54) is 0 Å². The van der Waals surface area contributed by atoms with E-state index >= 15 is 0 Å². The van der Waals surface area contributed by atoms with Crippen molar-refractivity contribution >= 4 is 31.7 Å². The molecule has 0 radical (unpaired) electrons. The molecule has 1 atom stereocenters. The van der Waals surface area contributed by atoms with Gasteiger partial charge in [0.25, 0.3) is 5.91 Å². The minimum absolute atomic E-state index is 0.00922. The van der Waals surface area contributed by atoms with Crippen molar-refractivity contribution in [2.75, 3.05) is 11.5 Å². The maximum atomic E-state index is 12.4. The molecule has 1 saturated heterocycles. The molecule has 0 bridgehead atoms. The zero-order valence-electron chi connectivity index (χ0n) is 11.8. The lowest BCUT2D eigenvalue weighted by Gasteiger charge is -2.24. The van der Waals surface area contributed by atoms with Gasteiger partial charge in [-0.05, 0) is 49.2 Å². The number of carbonyl (C=O) groups excluding carboxylic acids is 1. The SMILES string of the molecule is CC(C)n1cc(Br)cc1C(=O)NC1(C)CCS(=O)(=O)C1. The van der Waals surface area contributed by atoms with Gasteiger partial charge in [-0.3, -0.25) is 4.79 Å². The molecule has 7 heteroatoms. The molecule has 1 aliphatic rings. The molecule has 1 fully saturated rings. The molecule has 20 heavy (non-hydrogen) atoms. The van der Waals surface area contributed by atoms with E-state index in [1.54, 1.807) is 13.0 Å². The number of carbonyl (C=O) groups is 1. The Bertz CT molecular complexity index is 636. The van der Waals surface area contributed by atoms with E-state index in [9.17, 15) is 13.2 Å². The minimum Gasteiger partial charge on any atom is -0.345 e. The number of nitrogens with one attached hydrogen (secondary N) is 1. The van der Waals surface area contributed by atoms with Crippen LogP contribution >= 0.6 is 15.9 Å². The number of nitrogens with zero attached hydrogens (tertiary/aromatic N) is 1. The molecule has 1 aromatic heterocycles. The molecule has 0 saturated carbocycles. The second kappa shape index (κ2) is 5.18. The van der Waals surface area contributed by atoms with Crippen LogP contribution in [-0.2, 0) is 9.84 Å². The van der Waals surface area contributed by atoms with Crippen LogP contribution in [0.2, 0.25) is 0 Å². The summed E-state index contributed by atoms with van der Waals surface area (Å²) in [6.45, 7) is 5.77. The molecule has 0 spiro atoms. The topological polar surface area (TPSA) is 68.2 Å². The normalized spacial score (nSPS) is 25.1. The third-order valence-corrected chi connectivity index (χ3v) is 5.86. The molecule has 1 aliphatic heterocycles. The molecule has 1 unspecified atom stereocenters. The van der Waals surface area contributed by atoms with Gasteiger partial charge in [-0.2, -0.15) is 0 Å². The van der Waals surface area contributed by atoms with Crippen molar-refractivity contribution in [3.8, 4) is 0 Å². The highest BCUT2D eigenvalue weighted by molar-refractivity contribution is 9.10. The number of rotatable bonds is 3. The van der Waals surface area contributed by atoms with E-state index in [0.29, 0.717) is 12.1 Å². The van der Waals surface area contributed by atoms with E-state index < -0.39 is 15.4 Å². The molecular weight excluding hydrogens is 344 g/mol. The molecule has 112 valence electrons. The van der Waals surface area contributed by atoms with Gasteiger partial charge in [0.2, 0.25) is 0 Å². The molecule has 1 aromatic rings. The van der Waals surface area contributed by atoms with Gasteiger partial charge in [0.1, 0.15) is 5.69 Å². The van der Waals surface area contributed by atoms with Gasteiger partial charge in [0, 0.05) is 16.7 Å². The fourth-order valence-corrected chi connectivity index (χ4v) is 5.03. The van der Waals surface area contributed by atoms with E-state index in [2.05, 4.69) is 21.2 Å². The van der Waals surface area contributed by atoms with E-state index in [0.717, 1.165) is 4.47 Å². The van der Waals surface area contributed by atoms with Crippen LogP contribution in [0.4, 0.5) is 0 Å². The zero-order chi connectivity index (χ0) is 15.1. The van der Waals surface area contributed by atoms with Crippen molar-refractivity contribution in [1.82, 2.24) is 9.88 Å². The molecule has 1 N–H and O–H groups in total.